The van der Waals surface area contributed by atoms with E-state index in [4.69, 9.17) is 5.11 Å². The zero-order valence-electron chi connectivity index (χ0n) is 7.38. The molecule has 0 spiro atoms. The zero-order valence-corrected chi connectivity index (χ0v) is 7.38. The Morgan fingerprint density at radius 3 is 2.54 bits per heavy atom. The topological polar surface area (TPSA) is 37.3 Å². The molecule has 1 saturated carbocycles. The van der Waals surface area contributed by atoms with Crippen LogP contribution < -0.4 is 0 Å². The summed E-state index contributed by atoms with van der Waals surface area (Å²) in [7, 11) is 0. The molecule has 76 valence electrons. The number of aliphatic carboxylic acids is 1. The fourth-order valence-corrected chi connectivity index (χ4v) is 2.04. The molecule has 13 heavy (non-hydrogen) atoms. The van der Waals surface area contributed by atoms with Gasteiger partial charge in [0, 0.05) is 6.42 Å². The number of halogens is 2. The highest BCUT2D eigenvalue weighted by Gasteiger charge is 2.32. The Morgan fingerprint density at radius 1 is 1.38 bits per heavy atom. The first kappa shape index (κ1) is 10.4. The Balaban J connectivity index is 2.51. The number of rotatable bonds is 3. The number of carbonyl (C=O) groups is 1. The molecule has 0 saturated heterocycles. The normalized spacial score (nSPS) is 29.2. The van der Waals surface area contributed by atoms with Crippen molar-refractivity contribution in [2.75, 3.05) is 0 Å². The van der Waals surface area contributed by atoms with Gasteiger partial charge >= 0.3 is 5.97 Å². The van der Waals surface area contributed by atoms with E-state index in [1.54, 1.807) is 0 Å². The van der Waals surface area contributed by atoms with E-state index < -0.39 is 18.3 Å². The van der Waals surface area contributed by atoms with Crippen molar-refractivity contribution in [2.45, 2.75) is 38.5 Å². The fraction of sp³-hybridized carbons (Fsp3) is 0.889. The SMILES string of the molecule is O=C(O)C1CCCCC1CC(F)F. The first-order valence-electron chi connectivity index (χ1n) is 4.62. The molecule has 2 unspecified atom stereocenters. The van der Waals surface area contributed by atoms with Crippen molar-refractivity contribution in [1.82, 2.24) is 0 Å². The van der Waals surface area contributed by atoms with Crippen LogP contribution in [0.15, 0.2) is 0 Å². The highest BCUT2D eigenvalue weighted by Crippen LogP contribution is 2.34. The number of hydrogen-bond acceptors (Lipinski definition) is 1. The maximum absolute atomic E-state index is 12.1. The maximum atomic E-state index is 12.1. The minimum atomic E-state index is -2.37. The molecule has 4 heteroatoms. The van der Waals surface area contributed by atoms with Crippen LogP contribution in [-0.2, 0) is 4.79 Å². The lowest BCUT2D eigenvalue weighted by atomic mass is 9.77. The van der Waals surface area contributed by atoms with Gasteiger partial charge in [0.05, 0.1) is 5.92 Å². The molecule has 2 nitrogen and oxygen atoms in total. The number of carboxylic acids is 1. The van der Waals surface area contributed by atoms with Crippen molar-refractivity contribution in [2.24, 2.45) is 11.8 Å². The van der Waals surface area contributed by atoms with E-state index in [2.05, 4.69) is 0 Å². The Morgan fingerprint density at radius 2 is 2.00 bits per heavy atom. The standard InChI is InChI=1S/C9H14F2O2/c10-8(11)5-6-3-1-2-4-7(6)9(12)13/h6-8H,1-5H2,(H,12,13). The van der Waals surface area contributed by atoms with Crippen LogP contribution in [0, 0.1) is 11.8 Å². The summed E-state index contributed by atoms with van der Waals surface area (Å²) in [5.41, 5.74) is 0. The van der Waals surface area contributed by atoms with Gasteiger partial charge in [-0.15, -0.1) is 0 Å². The van der Waals surface area contributed by atoms with Crippen LogP contribution >= 0.6 is 0 Å². The third-order valence-corrected chi connectivity index (χ3v) is 2.71. The monoisotopic (exact) mass is 192 g/mol. The lowest BCUT2D eigenvalue weighted by Crippen LogP contribution is -2.28. The quantitative estimate of drug-likeness (QED) is 0.746. The Labute approximate surface area is 75.9 Å². The van der Waals surface area contributed by atoms with Gasteiger partial charge in [0.15, 0.2) is 0 Å². The highest BCUT2D eigenvalue weighted by molar-refractivity contribution is 5.70. The molecule has 0 heterocycles. The van der Waals surface area contributed by atoms with Crippen LogP contribution in [0.25, 0.3) is 0 Å². The van der Waals surface area contributed by atoms with Gasteiger partial charge in [-0.3, -0.25) is 4.79 Å². The molecule has 1 N–H and O–H groups in total. The van der Waals surface area contributed by atoms with E-state index in [-0.39, 0.29) is 12.3 Å². The van der Waals surface area contributed by atoms with Crippen molar-refractivity contribution in [3.63, 3.8) is 0 Å². The van der Waals surface area contributed by atoms with Crippen LogP contribution in [0.4, 0.5) is 8.78 Å². The van der Waals surface area contributed by atoms with Gasteiger partial charge in [0.25, 0.3) is 0 Å². The van der Waals surface area contributed by atoms with Crippen molar-refractivity contribution >= 4 is 5.97 Å². The molecule has 0 aromatic rings. The summed E-state index contributed by atoms with van der Waals surface area (Å²) < 4.78 is 24.1. The summed E-state index contributed by atoms with van der Waals surface area (Å²) >= 11 is 0. The third kappa shape index (κ3) is 2.94. The molecule has 1 rings (SSSR count). The third-order valence-electron chi connectivity index (χ3n) is 2.71. The fourth-order valence-electron chi connectivity index (χ4n) is 2.04. The molecule has 1 fully saturated rings. The van der Waals surface area contributed by atoms with Gasteiger partial charge in [0.2, 0.25) is 6.43 Å². The van der Waals surface area contributed by atoms with Gasteiger partial charge < -0.3 is 5.11 Å². The molecular weight excluding hydrogens is 178 g/mol. The first-order chi connectivity index (χ1) is 6.11. The molecule has 1 aliphatic rings. The van der Waals surface area contributed by atoms with Crippen LogP contribution in [-0.4, -0.2) is 17.5 Å². The lowest BCUT2D eigenvalue weighted by Gasteiger charge is -2.27. The van der Waals surface area contributed by atoms with Crippen molar-refractivity contribution in [3.05, 3.63) is 0 Å². The van der Waals surface area contributed by atoms with Crippen LogP contribution in [0.5, 0.6) is 0 Å². The molecule has 0 bridgehead atoms. The van der Waals surface area contributed by atoms with Gasteiger partial charge in [-0.05, 0) is 18.8 Å². The molecule has 0 aromatic carbocycles. The summed E-state index contributed by atoms with van der Waals surface area (Å²) in [5, 5.41) is 8.78. The van der Waals surface area contributed by atoms with E-state index in [0.717, 1.165) is 12.8 Å². The second-order valence-electron chi connectivity index (χ2n) is 3.62. The van der Waals surface area contributed by atoms with Crippen molar-refractivity contribution in [3.8, 4) is 0 Å². The minimum Gasteiger partial charge on any atom is -0.481 e. The molecule has 0 aliphatic heterocycles. The molecule has 1 aliphatic carbocycles. The average Bonchev–Trinajstić information content (AvgIpc) is 2.03. The van der Waals surface area contributed by atoms with Gasteiger partial charge in [-0.2, -0.15) is 0 Å². The smallest absolute Gasteiger partial charge is 0.306 e. The Kier molecular flexibility index (Phi) is 3.63. The van der Waals surface area contributed by atoms with Crippen LogP contribution in [0.2, 0.25) is 0 Å². The maximum Gasteiger partial charge on any atom is 0.306 e. The number of hydrogen-bond donors (Lipinski definition) is 1. The van der Waals surface area contributed by atoms with Gasteiger partial charge in [-0.1, -0.05) is 12.8 Å². The second kappa shape index (κ2) is 4.53. The van der Waals surface area contributed by atoms with E-state index >= 15 is 0 Å². The zero-order chi connectivity index (χ0) is 9.84. The van der Waals surface area contributed by atoms with Gasteiger partial charge in [0.1, 0.15) is 0 Å². The van der Waals surface area contributed by atoms with Gasteiger partial charge in [-0.25, -0.2) is 8.78 Å². The number of alkyl halides is 2. The molecule has 0 aromatic heterocycles. The summed E-state index contributed by atoms with van der Waals surface area (Å²) in [5.74, 6) is -1.76. The van der Waals surface area contributed by atoms with E-state index in [0.29, 0.717) is 12.8 Å². The summed E-state index contributed by atoms with van der Waals surface area (Å²) in [6.07, 6.45) is 0.327. The Hall–Kier alpha value is -0.670. The molecular formula is C9H14F2O2. The van der Waals surface area contributed by atoms with Crippen molar-refractivity contribution in [1.29, 1.82) is 0 Å². The predicted molar refractivity (Wildman–Crippen MR) is 43.7 cm³/mol. The van der Waals surface area contributed by atoms with Crippen molar-refractivity contribution < 1.29 is 18.7 Å². The highest BCUT2D eigenvalue weighted by atomic mass is 19.3. The Bertz CT molecular complexity index is 182. The predicted octanol–water partition coefficient (Wildman–Crippen LogP) is 2.53. The minimum absolute atomic E-state index is 0.253. The molecule has 0 amide bonds. The second-order valence-corrected chi connectivity index (χ2v) is 3.62. The molecule has 0 radical (unpaired) electrons. The molecule has 2 atom stereocenters. The summed E-state index contributed by atoms with van der Waals surface area (Å²) in [6, 6.07) is 0. The first-order valence-corrected chi connectivity index (χ1v) is 4.62. The van der Waals surface area contributed by atoms with Crippen LogP contribution in [0.3, 0.4) is 0 Å². The summed E-state index contributed by atoms with van der Waals surface area (Å²) in [4.78, 5) is 10.7. The summed E-state index contributed by atoms with van der Waals surface area (Å²) in [6.45, 7) is 0. The van der Waals surface area contributed by atoms with E-state index in [1.165, 1.54) is 0 Å². The number of carboxylic acid groups (broad SMARTS) is 1. The van der Waals surface area contributed by atoms with E-state index in [1.807, 2.05) is 0 Å². The largest absolute Gasteiger partial charge is 0.481 e. The van der Waals surface area contributed by atoms with Crippen LogP contribution in [0.1, 0.15) is 32.1 Å². The lowest BCUT2D eigenvalue weighted by molar-refractivity contribution is -0.145. The van der Waals surface area contributed by atoms with E-state index in [9.17, 15) is 13.6 Å². The average molecular weight is 192 g/mol.